The summed E-state index contributed by atoms with van der Waals surface area (Å²) in [5.74, 6) is -2.10. The first-order valence-electron chi connectivity index (χ1n) is 9.16. The highest BCUT2D eigenvalue weighted by Crippen LogP contribution is 2.52. The Hall–Kier alpha value is -2.76. The Morgan fingerprint density at radius 3 is 2.33 bits per heavy atom. The zero-order valence-electron chi connectivity index (χ0n) is 15.3. The number of esters is 1. The number of hydrogen-bond donors (Lipinski definition) is 0. The molecule has 2 aliphatic carbocycles. The van der Waals surface area contributed by atoms with Gasteiger partial charge in [-0.25, -0.2) is 0 Å². The third-order valence-electron chi connectivity index (χ3n) is 5.91. The maximum Gasteiger partial charge on any atom is 0.326 e. The number of rotatable bonds is 5. The molecule has 0 unspecified atom stereocenters. The van der Waals surface area contributed by atoms with Gasteiger partial charge >= 0.3 is 5.97 Å². The third-order valence-corrected chi connectivity index (χ3v) is 5.91. The number of carbonyl (C=O) groups is 4. The highest BCUT2D eigenvalue weighted by molar-refractivity contribution is 6.08. The number of ether oxygens (including phenoxy) is 1. The largest absolute Gasteiger partial charge is 0.456 e. The molecule has 1 heterocycles. The van der Waals surface area contributed by atoms with E-state index in [4.69, 9.17) is 4.74 Å². The molecule has 27 heavy (non-hydrogen) atoms. The fraction of sp³-hybridized carbons (Fsp3) is 0.429. The van der Waals surface area contributed by atoms with E-state index in [9.17, 15) is 19.2 Å². The van der Waals surface area contributed by atoms with Crippen molar-refractivity contribution in [3.8, 4) is 0 Å². The van der Waals surface area contributed by atoms with E-state index in [1.165, 1.54) is 0 Å². The Bertz CT molecular complexity index is 857. The number of hydrogen-bond acceptors (Lipinski definition) is 5. The minimum absolute atomic E-state index is 0.100. The molecule has 2 amide bonds. The topological polar surface area (TPSA) is 80.8 Å². The average Bonchev–Trinajstić information content (AvgIpc) is 3.31. The van der Waals surface area contributed by atoms with Crippen LogP contribution in [-0.4, -0.2) is 41.6 Å². The van der Waals surface area contributed by atoms with Crippen LogP contribution in [0.15, 0.2) is 30.4 Å². The van der Waals surface area contributed by atoms with Crippen molar-refractivity contribution < 1.29 is 23.9 Å². The number of amides is 2. The zero-order chi connectivity index (χ0) is 19.3. The zero-order valence-corrected chi connectivity index (χ0v) is 15.3. The third kappa shape index (κ3) is 2.89. The fourth-order valence-corrected chi connectivity index (χ4v) is 4.55. The lowest BCUT2D eigenvalue weighted by atomic mass is 9.85. The van der Waals surface area contributed by atoms with Gasteiger partial charge in [-0.15, -0.1) is 0 Å². The summed E-state index contributed by atoms with van der Waals surface area (Å²) >= 11 is 0. The Kier molecular flexibility index (Phi) is 4.21. The molecule has 0 N–H and O–H groups in total. The van der Waals surface area contributed by atoms with Gasteiger partial charge < -0.3 is 4.74 Å². The number of allylic oxidation sites excluding steroid dienone is 2. The van der Waals surface area contributed by atoms with Gasteiger partial charge in [-0.2, -0.15) is 0 Å². The van der Waals surface area contributed by atoms with Gasteiger partial charge in [0.25, 0.3) is 0 Å². The first-order valence-corrected chi connectivity index (χ1v) is 9.16. The lowest BCUT2D eigenvalue weighted by Gasteiger charge is -2.16. The number of nitrogens with zero attached hydrogens (tertiary/aromatic N) is 1. The van der Waals surface area contributed by atoms with E-state index in [2.05, 4.69) is 0 Å². The Morgan fingerprint density at radius 1 is 1.07 bits per heavy atom. The molecule has 4 rings (SSSR count). The van der Waals surface area contributed by atoms with Crippen LogP contribution in [0.4, 0.5) is 0 Å². The molecule has 2 fully saturated rings. The smallest absolute Gasteiger partial charge is 0.326 e. The van der Waals surface area contributed by atoms with E-state index in [1.54, 1.807) is 6.07 Å². The number of ketones is 1. The van der Waals surface area contributed by atoms with E-state index in [0.29, 0.717) is 5.56 Å². The number of Topliss-reactive ketones (excluding diaryl/α,β-unsaturated/α-hetero) is 1. The van der Waals surface area contributed by atoms with E-state index in [0.717, 1.165) is 22.4 Å². The van der Waals surface area contributed by atoms with Crippen LogP contribution in [0.5, 0.6) is 0 Å². The van der Waals surface area contributed by atoms with E-state index in [-0.39, 0.29) is 41.3 Å². The summed E-state index contributed by atoms with van der Waals surface area (Å²) in [7, 11) is 0. The summed E-state index contributed by atoms with van der Waals surface area (Å²) < 4.78 is 5.05. The molecule has 1 aliphatic heterocycles. The van der Waals surface area contributed by atoms with Crippen molar-refractivity contribution >= 4 is 23.6 Å². The summed E-state index contributed by atoms with van der Waals surface area (Å²) in [6.07, 6.45) is 4.85. The summed E-state index contributed by atoms with van der Waals surface area (Å²) in [6.45, 7) is 2.87. The highest BCUT2D eigenvalue weighted by atomic mass is 16.5. The van der Waals surface area contributed by atoms with Crippen molar-refractivity contribution in [2.75, 3.05) is 13.2 Å². The molecule has 1 saturated carbocycles. The fourth-order valence-electron chi connectivity index (χ4n) is 4.55. The van der Waals surface area contributed by atoms with Gasteiger partial charge in [0.05, 0.1) is 11.8 Å². The van der Waals surface area contributed by atoms with Crippen LogP contribution in [0.3, 0.4) is 0 Å². The second kappa shape index (κ2) is 6.44. The highest BCUT2D eigenvalue weighted by Gasteiger charge is 2.59. The van der Waals surface area contributed by atoms with Crippen molar-refractivity contribution in [1.29, 1.82) is 0 Å². The normalized spacial score (nSPS) is 28.0. The molecule has 1 aromatic rings. The van der Waals surface area contributed by atoms with E-state index >= 15 is 0 Å². The number of carbonyl (C=O) groups excluding carboxylic acids is 4. The lowest BCUT2D eigenvalue weighted by molar-refractivity contribution is -0.152. The molecule has 3 aliphatic rings. The molecular weight excluding hydrogens is 346 g/mol. The Labute approximate surface area is 157 Å². The predicted octanol–water partition coefficient (Wildman–Crippen LogP) is 1.84. The molecule has 6 nitrogen and oxygen atoms in total. The standard InChI is InChI=1S/C21H21NO5/c1-11-3-4-12(2)15(7-11)16(23)10-27-17(24)9-22-20(25)18-13-5-6-14(8-13)19(18)21(22)26/h3-7,13-14,18-19H,8-10H2,1-2H3/t13-,14+,18-,19+. The van der Waals surface area contributed by atoms with Crippen LogP contribution >= 0.6 is 0 Å². The van der Waals surface area contributed by atoms with Gasteiger partial charge in [-0.05, 0) is 43.7 Å². The molecular formula is C21H21NO5. The number of likely N-dealkylation sites (tertiary alicyclic amines) is 1. The summed E-state index contributed by atoms with van der Waals surface area (Å²) in [5, 5.41) is 0. The van der Waals surface area contributed by atoms with Gasteiger partial charge in [-0.3, -0.25) is 24.1 Å². The molecule has 4 atom stereocenters. The second-order valence-corrected chi connectivity index (χ2v) is 7.66. The first kappa shape index (κ1) is 17.6. The number of imide groups is 1. The molecule has 0 spiro atoms. The van der Waals surface area contributed by atoms with Crippen LogP contribution in [0.25, 0.3) is 0 Å². The van der Waals surface area contributed by atoms with Crippen LogP contribution in [0.2, 0.25) is 0 Å². The summed E-state index contributed by atoms with van der Waals surface area (Å²) in [5.41, 5.74) is 2.26. The summed E-state index contributed by atoms with van der Waals surface area (Å²) in [6, 6.07) is 5.50. The van der Waals surface area contributed by atoms with Crippen molar-refractivity contribution in [2.45, 2.75) is 20.3 Å². The molecule has 140 valence electrons. The maximum atomic E-state index is 12.6. The molecule has 2 bridgehead atoms. The van der Waals surface area contributed by atoms with E-state index in [1.807, 2.05) is 38.1 Å². The Balaban J connectivity index is 1.36. The van der Waals surface area contributed by atoms with Crippen LogP contribution in [0, 0.1) is 37.5 Å². The van der Waals surface area contributed by atoms with Gasteiger partial charge in [0.1, 0.15) is 6.54 Å². The SMILES string of the molecule is Cc1ccc(C)c(C(=O)COC(=O)CN2C(=O)[C@@H]3[C@H](C2=O)[C@@H]2C=C[C@H]3C2)c1. The van der Waals surface area contributed by atoms with Crippen LogP contribution < -0.4 is 0 Å². The Morgan fingerprint density at radius 2 is 1.70 bits per heavy atom. The van der Waals surface area contributed by atoms with Crippen molar-refractivity contribution in [2.24, 2.45) is 23.7 Å². The van der Waals surface area contributed by atoms with Crippen molar-refractivity contribution in [3.63, 3.8) is 0 Å². The second-order valence-electron chi connectivity index (χ2n) is 7.66. The van der Waals surface area contributed by atoms with E-state index < -0.39 is 19.1 Å². The lowest BCUT2D eigenvalue weighted by Crippen LogP contribution is -2.38. The molecule has 6 heteroatoms. The minimum Gasteiger partial charge on any atom is -0.456 e. The average molecular weight is 367 g/mol. The quantitative estimate of drug-likeness (QED) is 0.343. The van der Waals surface area contributed by atoms with Crippen LogP contribution in [-0.2, 0) is 19.1 Å². The number of fused-ring (bicyclic) bond motifs is 5. The van der Waals surface area contributed by atoms with Crippen LogP contribution in [0.1, 0.15) is 27.9 Å². The maximum absolute atomic E-state index is 12.6. The van der Waals surface area contributed by atoms with Gasteiger partial charge in [0.15, 0.2) is 6.61 Å². The minimum atomic E-state index is -0.740. The first-order chi connectivity index (χ1) is 12.9. The van der Waals surface area contributed by atoms with Gasteiger partial charge in [0.2, 0.25) is 17.6 Å². The monoisotopic (exact) mass is 367 g/mol. The molecule has 0 radical (unpaired) electrons. The summed E-state index contributed by atoms with van der Waals surface area (Å²) in [4.78, 5) is 50.6. The molecule has 1 aromatic carbocycles. The molecule has 1 saturated heterocycles. The van der Waals surface area contributed by atoms with Crippen molar-refractivity contribution in [1.82, 2.24) is 4.90 Å². The molecule has 0 aromatic heterocycles. The number of aryl methyl sites for hydroxylation is 2. The van der Waals surface area contributed by atoms with Gasteiger partial charge in [0, 0.05) is 5.56 Å². The predicted molar refractivity (Wildman–Crippen MR) is 95.6 cm³/mol. The van der Waals surface area contributed by atoms with Gasteiger partial charge in [-0.1, -0.05) is 29.8 Å². The number of benzene rings is 1. The van der Waals surface area contributed by atoms with Crippen molar-refractivity contribution in [3.05, 3.63) is 47.0 Å².